The van der Waals surface area contributed by atoms with Gasteiger partial charge in [-0.1, -0.05) is 35.9 Å². The molecule has 2 aromatic rings. The second-order valence-electron chi connectivity index (χ2n) is 5.60. The van der Waals surface area contributed by atoms with Gasteiger partial charge < -0.3 is 10.1 Å². The van der Waals surface area contributed by atoms with Crippen LogP contribution >= 0.6 is 11.6 Å². The Morgan fingerprint density at radius 2 is 2.08 bits per heavy atom. The number of rotatable bonds is 5. The summed E-state index contributed by atoms with van der Waals surface area (Å²) in [5, 5.41) is 3.62. The zero-order valence-electron chi connectivity index (χ0n) is 13.3. The van der Waals surface area contributed by atoms with E-state index in [1.807, 2.05) is 18.2 Å². The highest BCUT2D eigenvalue weighted by Gasteiger charge is 2.22. The van der Waals surface area contributed by atoms with Crippen LogP contribution in [0.15, 0.2) is 47.4 Å². The summed E-state index contributed by atoms with van der Waals surface area (Å²) in [6.45, 7) is 1.11. The van der Waals surface area contributed by atoms with Crippen LogP contribution in [-0.2, 0) is 16.4 Å². The van der Waals surface area contributed by atoms with Gasteiger partial charge in [-0.3, -0.25) is 0 Å². The Bertz CT molecular complexity index is 839. The van der Waals surface area contributed by atoms with Gasteiger partial charge in [-0.25, -0.2) is 13.1 Å². The molecule has 0 amide bonds. The van der Waals surface area contributed by atoms with Crippen LogP contribution in [-0.4, -0.2) is 28.6 Å². The van der Waals surface area contributed by atoms with Crippen LogP contribution in [0.3, 0.4) is 0 Å². The molecular formula is C17H19ClN2O3S. The Labute approximate surface area is 147 Å². The van der Waals surface area contributed by atoms with Crippen LogP contribution in [0, 0.1) is 0 Å². The van der Waals surface area contributed by atoms with Gasteiger partial charge in [0.25, 0.3) is 0 Å². The number of sulfonamides is 1. The zero-order valence-corrected chi connectivity index (χ0v) is 14.8. The molecular weight excluding hydrogens is 348 g/mol. The SMILES string of the molecule is COc1ccc(S(=O)(=O)NCC2NCCc3ccccc32)cc1Cl. The first-order valence-corrected chi connectivity index (χ1v) is 9.52. The summed E-state index contributed by atoms with van der Waals surface area (Å²) >= 11 is 6.02. The molecule has 0 saturated carbocycles. The third kappa shape index (κ3) is 3.57. The van der Waals surface area contributed by atoms with Crippen molar-refractivity contribution in [2.75, 3.05) is 20.2 Å². The van der Waals surface area contributed by atoms with Gasteiger partial charge in [0.05, 0.1) is 17.0 Å². The standard InChI is InChI=1S/C17H19ClN2O3S/c1-23-17-7-6-13(10-15(17)18)24(21,22)20-11-16-14-5-3-2-4-12(14)8-9-19-16/h2-7,10,16,19-20H,8-9,11H2,1H3. The fourth-order valence-corrected chi connectivity index (χ4v) is 4.26. The van der Waals surface area contributed by atoms with E-state index < -0.39 is 10.0 Å². The van der Waals surface area contributed by atoms with E-state index in [1.165, 1.54) is 24.8 Å². The van der Waals surface area contributed by atoms with Crippen molar-refractivity contribution in [1.82, 2.24) is 10.0 Å². The lowest BCUT2D eigenvalue weighted by Gasteiger charge is -2.27. The Kier molecular flexibility index (Phi) is 5.10. The van der Waals surface area contributed by atoms with Crippen molar-refractivity contribution >= 4 is 21.6 Å². The molecule has 7 heteroatoms. The highest BCUT2D eigenvalue weighted by Crippen LogP contribution is 2.27. The number of fused-ring (bicyclic) bond motifs is 1. The number of hydrogen-bond donors (Lipinski definition) is 2. The molecule has 2 aromatic carbocycles. The number of halogens is 1. The maximum Gasteiger partial charge on any atom is 0.240 e. The molecule has 128 valence electrons. The average molecular weight is 367 g/mol. The van der Waals surface area contributed by atoms with Gasteiger partial charge in [0, 0.05) is 12.6 Å². The highest BCUT2D eigenvalue weighted by molar-refractivity contribution is 7.89. The van der Waals surface area contributed by atoms with Crippen molar-refractivity contribution in [1.29, 1.82) is 0 Å². The van der Waals surface area contributed by atoms with Gasteiger partial charge in [-0.15, -0.1) is 0 Å². The number of nitrogens with one attached hydrogen (secondary N) is 2. The maximum absolute atomic E-state index is 12.5. The predicted molar refractivity (Wildman–Crippen MR) is 94.1 cm³/mol. The molecule has 24 heavy (non-hydrogen) atoms. The van der Waals surface area contributed by atoms with Crippen LogP contribution in [0.2, 0.25) is 5.02 Å². The minimum absolute atomic E-state index is 0.0431. The number of ether oxygens (including phenoxy) is 1. The van der Waals surface area contributed by atoms with Crippen molar-refractivity contribution in [3.05, 3.63) is 58.6 Å². The van der Waals surface area contributed by atoms with Crippen LogP contribution in [0.4, 0.5) is 0 Å². The lowest BCUT2D eigenvalue weighted by molar-refractivity contribution is 0.414. The van der Waals surface area contributed by atoms with E-state index in [4.69, 9.17) is 16.3 Å². The molecule has 1 aliphatic heterocycles. The molecule has 2 N–H and O–H groups in total. The fourth-order valence-electron chi connectivity index (χ4n) is 2.87. The molecule has 0 bridgehead atoms. The fraction of sp³-hybridized carbons (Fsp3) is 0.294. The first-order chi connectivity index (χ1) is 11.5. The molecule has 1 atom stereocenters. The lowest BCUT2D eigenvalue weighted by Crippen LogP contribution is -2.38. The molecule has 0 fully saturated rings. The normalized spacial score (nSPS) is 17.3. The summed E-state index contributed by atoms with van der Waals surface area (Å²) in [4.78, 5) is 0.123. The van der Waals surface area contributed by atoms with Gasteiger partial charge >= 0.3 is 0 Å². The molecule has 0 spiro atoms. The zero-order chi connectivity index (χ0) is 17.2. The van der Waals surface area contributed by atoms with Crippen LogP contribution in [0.1, 0.15) is 17.2 Å². The Balaban J connectivity index is 1.76. The number of methoxy groups -OCH3 is 1. The van der Waals surface area contributed by atoms with Crippen molar-refractivity contribution < 1.29 is 13.2 Å². The van der Waals surface area contributed by atoms with Crippen molar-refractivity contribution in [3.8, 4) is 5.75 Å². The smallest absolute Gasteiger partial charge is 0.240 e. The Hall–Kier alpha value is -1.60. The summed E-state index contributed by atoms with van der Waals surface area (Å²) in [6, 6.07) is 12.5. The van der Waals surface area contributed by atoms with Gasteiger partial charge in [-0.2, -0.15) is 0 Å². The molecule has 5 nitrogen and oxygen atoms in total. The van der Waals surface area contributed by atoms with Crippen LogP contribution in [0.25, 0.3) is 0 Å². The van der Waals surface area contributed by atoms with E-state index in [0.717, 1.165) is 18.5 Å². The summed E-state index contributed by atoms with van der Waals surface area (Å²) in [5.41, 5.74) is 2.40. The van der Waals surface area contributed by atoms with E-state index >= 15 is 0 Å². The molecule has 1 aliphatic rings. The van der Waals surface area contributed by atoms with E-state index in [1.54, 1.807) is 6.07 Å². The summed E-state index contributed by atoms with van der Waals surface area (Å²) in [6.07, 6.45) is 0.952. The average Bonchev–Trinajstić information content (AvgIpc) is 2.60. The summed E-state index contributed by atoms with van der Waals surface area (Å²) in [5.74, 6) is 0.443. The predicted octanol–water partition coefficient (Wildman–Crippen LogP) is 2.51. The van der Waals surface area contributed by atoms with Crippen molar-refractivity contribution in [2.45, 2.75) is 17.4 Å². The lowest BCUT2D eigenvalue weighted by atomic mass is 9.95. The van der Waals surface area contributed by atoms with E-state index in [0.29, 0.717) is 5.75 Å². The third-order valence-corrected chi connectivity index (χ3v) is 5.84. The number of benzene rings is 2. The second kappa shape index (κ2) is 7.11. The Morgan fingerprint density at radius 3 is 2.83 bits per heavy atom. The first kappa shape index (κ1) is 17.2. The Morgan fingerprint density at radius 1 is 1.29 bits per heavy atom. The molecule has 1 heterocycles. The van der Waals surface area contributed by atoms with Crippen LogP contribution in [0.5, 0.6) is 5.75 Å². The van der Waals surface area contributed by atoms with Crippen molar-refractivity contribution in [3.63, 3.8) is 0 Å². The van der Waals surface area contributed by atoms with Gasteiger partial charge in [-0.05, 0) is 42.3 Å². The molecule has 0 radical (unpaired) electrons. The molecule has 0 saturated heterocycles. The van der Waals surface area contributed by atoms with E-state index in [9.17, 15) is 8.42 Å². The highest BCUT2D eigenvalue weighted by atomic mass is 35.5. The summed E-state index contributed by atoms with van der Waals surface area (Å²) < 4.78 is 32.7. The van der Waals surface area contributed by atoms with Gasteiger partial charge in [0.1, 0.15) is 5.75 Å². The quantitative estimate of drug-likeness (QED) is 0.853. The van der Waals surface area contributed by atoms with E-state index in [2.05, 4.69) is 16.1 Å². The molecule has 0 aliphatic carbocycles. The maximum atomic E-state index is 12.5. The minimum atomic E-state index is -3.64. The van der Waals surface area contributed by atoms with Crippen molar-refractivity contribution in [2.24, 2.45) is 0 Å². The van der Waals surface area contributed by atoms with Gasteiger partial charge in [0.2, 0.25) is 10.0 Å². The summed E-state index contributed by atoms with van der Waals surface area (Å²) in [7, 11) is -2.15. The second-order valence-corrected chi connectivity index (χ2v) is 7.78. The van der Waals surface area contributed by atoms with Crippen LogP contribution < -0.4 is 14.8 Å². The first-order valence-electron chi connectivity index (χ1n) is 7.65. The monoisotopic (exact) mass is 366 g/mol. The minimum Gasteiger partial charge on any atom is -0.495 e. The molecule has 0 aromatic heterocycles. The largest absolute Gasteiger partial charge is 0.495 e. The molecule has 3 rings (SSSR count). The third-order valence-electron chi connectivity index (χ3n) is 4.13. The van der Waals surface area contributed by atoms with Gasteiger partial charge in [0.15, 0.2) is 0 Å². The molecule has 1 unspecified atom stereocenters. The topological polar surface area (TPSA) is 67.4 Å². The number of hydrogen-bond acceptors (Lipinski definition) is 4. The van der Waals surface area contributed by atoms with E-state index in [-0.39, 0.29) is 22.5 Å².